The molecule has 124 valence electrons. The van der Waals surface area contributed by atoms with E-state index in [0.717, 1.165) is 49.8 Å². The summed E-state index contributed by atoms with van der Waals surface area (Å²) in [6.45, 7) is 7.68. The fourth-order valence-electron chi connectivity index (χ4n) is 2.50. The number of hydrogen-bond acceptors (Lipinski definition) is 5. The lowest BCUT2D eigenvalue weighted by atomic mass is 10.2. The second-order valence-electron chi connectivity index (χ2n) is 5.91. The van der Waals surface area contributed by atoms with E-state index in [4.69, 9.17) is 4.74 Å². The molecule has 1 unspecified atom stereocenters. The number of ether oxygens (including phenoxy) is 1. The monoisotopic (exact) mass is 326 g/mol. The van der Waals surface area contributed by atoms with E-state index in [0.29, 0.717) is 5.75 Å². The summed E-state index contributed by atoms with van der Waals surface area (Å²) in [5.41, 5.74) is 0. The SMILES string of the molecule is CCCc1nnc(SCC(=O)NC(C)C)n1CC1CCCO1. The highest BCUT2D eigenvalue weighted by atomic mass is 32.2. The maximum absolute atomic E-state index is 11.8. The Bertz CT molecular complexity index is 484. The molecular weight excluding hydrogens is 300 g/mol. The first-order chi connectivity index (χ1) is 10.6. The summed E-state index contributed by atoms with van der Waals surface area (Å²) in [6, 6.07) is 0.161. The Morgan fingerprint density at radius 3 is 2.95 bits per heavy atom. The van der Waals surface area contributed by atoms with Crippen LogP contribution in [0.2, 0.25) is 0 Å². The van der Waals surface area contributed by atoms with Crippen LogP contribution in [0.15, 0.2) is 5.16 Å². The van der Waals surface area contributed by atoms with Crippen LogP contribution in [0.1, 0.15) is 45.9 Å². The van der Waals surface area contributed by atoms with E-state index in [1.165, 1.54) is 11.8 Å². The van der Waals surface area contributed by atoms with Gasteiger partial charge < -0.3 is 14.6 Å². The van der Waals surface area contributed by atoms with Crippen molar-refractivity contribution in [1.29, 1.82) is 0 Å². The molecule has 0 radical (unpaired) electrons. The lowest BCUT2D eigenvalue weighted by Gasteiger charge is -2.14. The zero-order chi connectivity index (χ0) is 15.9. The van der Waals surface area contributed by atoms with Crippen molar-refractivity contribution in [1.82, 2.24) is 20.1 Å². The summed E-state index contributed by atoms with van der Waals surface area (Å²) >= 11 is 1.45. The van der Waals surface area contributed by atoms with Gasteiger partial charge in [0.15, 0.2) is 5.16 Å². The second kappa shape index (κ2) is 8.53. The van der Waals surface area contributed by atoms with E-state index in [2.05, 4.69) is 27.0 Å². The molecule has 0 saturated carbocycles. The van der Waals surface area contributed by atoms with Gasteiger partial charge in [-0.15, -0.1) is 10.2 Å². The Morgan fingerprint density at radius 2 is 2.32 bits per heavy atom. The Labute approximate surface area is 136 Å². The van der Waals surface area contributed by atoms with Crippen LogP contribution in [-0.4, -0.2) is 45.2 Å². The Kier molecular flexibility index (Phi) is 6.70. The van der Waals surface area contributed by atoms with Crippen molar-refractivity contribution in [2.24, 2.45) is 0 Å². The maximum Gasteiger partial charge on any atom is 0.230 e. The molecule has 6 nitrogen and oxygen atoms in total. The molecule has 2 heterocycles. The predicted octanol–water partition coefficient (Wildman–Crippen LogP) is 2.03. The van der Waals surface area contributed by atoms with Crippen LogP contribution < -0.4 is 5.32 Å². The van der Waals surface area contributed by atoms with E-state index < -0.39 is 0 Å². The average molecular weight is 326 g/mol. The van der Waals surface area contributed by atoms with Gasteiger partial charge >= 0.3 is 0 Å². The van der Waals surface area contributed by atoms with Crippen LogP contribution >= 0.6 is 11.8 Å². The Morgan fingerprint density at radius 1 is 1.50 bits per heavy atom. The molecule has 7 heteroatoms. The summed E-state index contributed by atoms with van der Waals surface area (Å²) in [5, 5.41) is 12.3. The van der Waals surface area contributed by atoms with Crippen LogP contribution in [0.25, 0.3) is 0 Å². The van der Waals surface area contributed by atoms with Crippen molar-refractivity contribution in [3.05, 3.63) is 5.82 Å². The van der Waals surface area contributed by atoms with E-state index in [1.54, 1.807) is 0 Å². The number of aromatic nitrogens is 3. The molecule has 1 atom stereocenters. The molecule has 0 aromatic carbocycles. The van der Waals surface area contributed by atoms with Gasteiger partial charge in [-0.05, 0) is 33.1 Å². The largest absolute Gasteiger partial charge is 0.376 e. The van der Waals surface area contributed by atoms with Crippen LogP contribution in [-0.2, 0) is 22.5 Å². The molecule has 0 bridgehead atoms. The highest BCUT2D eigenvalue weighted by Gasteiger charge is 2.21. The molecule has 1 aliphatic heterocycles. The van der Waals surface area contributed by atoms with Gasteiger partial charge in [-0.1, -0.05) is 18.7 Å². The van der Waals surface area contributed by atoms with Gasteiger partial charge in [0.1, 0.15) is 5.82 Å². The molecule has 2 rings (SSSR count). The number of aryl methyl sites for hydroxylation is 1. The first-order valence-electron chi connectivity index (χ1n) is 8.06. The normalized spacial score (nSPS) is 18.1. The lowest BCUT2D eigenvalue weighted by Crippen LogP contribution is -2.31. The summed E-state index contributed by atoms with van der Waals surface area (Å²) in [5.74, 6) is 1.39. The minimum Gasteiger partial charge on any atom is -0.376 e. The highest BCUT2D eigenvalue weighted by Crippen LogP contribution is 2.21. The number of thioether (sulfide) groups is 1. The van der Waals surface area contributed by atoms with Crippen molar-refractivity contribution in [2.45, 2.75) is 70.3 Å². The second-order valence-corrected chi connectivity index (χ2v) is 6.85. The predicted molar refractivity (Wildman–Crippen MR) is 87.0 cm³/mol. The molecule has 0 aliphatic carbocycles. The first kappa shape index (κ1) is 17.3. The van der Waals surface area contributed by atoms with Crippen LogP contribution in [0, 0.1) is 0 Å². The van der Waals surface area contributed by atoms with Crippen molar-refractivity contribution >= 4 is 17.7 Å². The lowest BCUT2D eigenvalue weighted by molar-refractivity contribution is -0.119. The Balaban J connectivity index is 2.00. The van der Waals surface area contributed by atoms with Crippen LogP contribution in [0.5, 0.6) is 0 Å². The number of rotatable bonds is 8. The standard InChI is InChI=1S/C15H26N4O2S/c1-4-6-13-17-18-15(22-10-14(20)16-11(2)3)19(13)9-12-7-5-8-21-12/h11-12H,4-10H2,1-3H3,(H,16,20). The van der Waals surface area contributed by atoms with Gasteiger partial charge in [0.25, 0.3) is 0 Å². The number of hydrogen-bond donors (Lipinski definition) is 1. The first-order valence-corrected chi connectivity index (χ1v) is 9.04. The summed E-state index contributed by atoms with van der Waals surface area (Å²) in [7, 11) is 0. The summed E-state index contributed by atoms with van der Waals surface area (Å²) in [4.78, 5) is 11.8. The topological polar surface area (TPSA) is 69.0 Å². The minimum atomic E-state index is 0.0312. The third kappa shape index (κ3) is 4.98. The van der Waals surface area contributed by atoms with Crippen molar-refractivity contribution in [3.63, 3.8) is 0 Å². The van der Waals surface area contributed by atoms with Gasteiger partial charge in [0.05, 0.1) is 18.4 Å². The van der Waals surface area contributed by atoms with Crippen molar-refractivity contribution in [2.75, 3.05) is 12.4 Å². The van der Waals surface area contributed by atoms with Crippen LogP contribution in [0.4, 0.5) is 0 Å². The quantitative estimate of drug-likeness (QED) is 0.740. The molecule has 1 N–H and O–H groups in total. The third-order valence-electron chi connectivity index (χ3n) is 3.46. The number of amides is 1. The summed E-state index contributed by atoms with van der Waals surface area (Å²) in [6.07, 6.45) is 4.38. The van der Waals surface area contributed by atoms with Gasteiger partial charge in [-0.25, -0.2) is 0 Å². The zero-order valence-electron chi connectivity index (χ0n) is 13.7. The molecule has 1 fully saturated rings. The zero-order valence-corrected chi connectivity index (χ0v) is 14.5. The maximum atomic E-state index is 11.8. The molecule has 0 spiro atoms. The smallest absolute Gasteiger partial charge is 0.230 e. The Hall–Kier alpha value is -1.08. The fourth-order valence-corrected chi connectivity index (χ4v) is 3.28. The molecule has 1 amide bonds. The molecule has 1 aliphatic rings. The van der Waals surface area contributed by atoms with Gasteiger partial charge in [-0.3, -0.25) is 4.79 Å². The molecule has 1 aromatic rings. The van der Waals surface area contributed by atoms with Crippen LogP contribution in [0.3, 0.4) is 0 Å². The van der Waals surface area contributed by atoms with Gasteiger partial charge in [0, 0.05) is 19.1 Å². The van der Waals surface area contributed by atoms with E-state index in [-0.39, 0.29) is 18.1 Å². The van der Waals surface area contributed by atoms with E-state index in [9.17, 15) is 4.79 Å². The van der Waals surface area contributed by atoms with Crippen molar-refractivity contribution in [3.8, 4) is 0 Å². The van der Waals surface area contributed by atoms with Gasteiger partial charge in [0.2, 0.25) is 5.91 Å². The van der Waals surface area contributed by atoms with E-state index in [1.807, 2.05) is 13.8 Å². The average Bonchev–Trinajstić information content (AvgIpc) is 3.08. The molecule has 1 saturated heterocycles. The number of nitrogens with zero attached hydrogens (tertiary/aromatic N) is 3. The number of carbonyl (C=O) groups excluding carboxylic acids is 1. The number of carbonyl (C=O) groups is 1. The van der Waals surface area contributed by atoms with Gasteiger partial charge in [-0.2, -0.15) is 0 Å². The fraction of sp³-hybridized carbons (Fsp3) is 0.800. The molecule has 22 heavy (non-hydrogen) atoms. The summed E-state index contributed by atoms with van der Waals surface area (Å²) < 4.78 is 7.86. The third-order valence-corrected chi connectivity index (χ3v) is 4.43. The molecule has 1 aromatic heterocycles. The van der Waals surface area contributed by atoms with E-state index >= 15 is 0 Å². The van der Waals surface area contributed by atoms with Crippen molar-refractivity contribution < 1.29 is 9.53 Å². The minimum absolute atomic E-state index is 0.0312. The highest BCUT2D eigenvalue weighted by molar-refractivity contribution is 7.99. The number of nitrogens with one attached hydrogen (secondary N) is 1. The molecular formula is C15H26N4O2S.